The predicted octanol–water partition coefficient (Wildman–Crippen LogP) is 4.04. The molecule has 2 heterocycles. The number of carbonyl (C=O) groups is 3. The summed E-state index contributed by atoms with van der Waals surface area (Å²) in [5.74, 6) is -0.822. The Kier molecular flexibility index (Phi) is 5.06. The van der Waals surface area contributed by atoms with Gasteiger partial charge in [0.15, 0.2) is 0 Å². The lowest BCUT2D eigenvalue weighted by Crippen LogP contribution is -2.36. The topological polar surface area (TPSA) is 66.5 Å². The number of amides is 3. The number of para-hydroxylation sites is 1. The minimum absolute atomic E-state index is 0.291. The van der Waals surface area contributed by atoms with Crippen LogP contribution in [0.4, 0.5) is 10.5 Å². The molecule has 1 aromatic heterocycles. The van der Waals surface area contributed by atoms with E-state index in [1.165, 1.54) is 11.3 Å². The largest absolute Gasteiger partial charge is 0.324 e. The van der Waals surface area contributed by atoms with E-state index in [0.29, 0.717) is 10.6 Å². The van der Waals surface area contributed by atoms with Crippen LogP contribution in [0.25, 0.3) is 6.08 Å². The van der Waals surface area contributed by atoms with E-state index >= 15 is 0 Å². The Bertz CT molecular complexity index is 852. The second-order valence-electron chi connectivity index (χ2n) is 5.60. The van der Waals surface area contributed by atoms with E-state index in [9.17, 15) is 14.4 Å². The molecule has 25 heavy (non-hydrogen) atoms. The van der Waals surface area contributed by atoms with Crippen LogP contribution in [0.3, 0.4) is 0 Å². The van der Waals surface area contributed by atoms with Crippen LogP contribution in [0.5, 0.6) is 0 Å². The highest BCUT2D eigenvalue weighted by Crippen LogP contribution is 2.32. The van der Waals surface area contributed by atoms with Crippen LogP contribution in [0.2, 0.25) is 0 Å². The number of benzene rings is 1. The lowest BCUT2D eigenvalue weighted by atomic mass is 10.1. The maximum atomic E-state index is 12.4. The number of aryl methyl sites for hydroxylation is 2. The van der Waals surface area contributed by atoms with Crippen LogP contribution in [-0.4, -0.2) is 28.5 Å². The quantitative estimate of drug-likeness (QED) is 0.823. The fourth-order valence-corrected chi connectivity index (χ4v) is 4.03. The van der Waals surface area contributed by atoms with Crippen molar-refractivity contribution < 1.29 is 14.4 Å². The number of nitrogens with zero attached hydrogens (tertiary/aromatic N) is 1. The van der Waals surface area contributed by atoms with Gasteiger partial charge in [-0.05, 0) is 54.3 Å². The van der Waals surface area contributed by atoms with Crippen LogP contribution < -0.4 is 5.32 Å². The first kappa shape index (κ1) is 17.4. The number of anilines is 1. The minimum Gasteiger partial charge on any atom is -0.324 e. The van der Waals surface area contributed by atoms with Crippen molar-refractivity contribution in [1.29, 1.82) is 0 Å². The van der Waals surface area contributed by atoms with E-state index in [0.717, 1.165) is 32.7 Å². The summed E-state index contributed by atoms with van der Waals surface area (Å²) in [6, 6.07) is 9.44. The van der Waals surface area contributed by atoms with Gasteiger partial charge in [-0.1, -0.05) is 24.3 Å². The maximum absolute atomic E-state index is 12.4. The third-order valence-electron chi connectivity index (χ3n) is 3.74. The molecular formula is C18H16N2O3S2. The molecule has 0 radical (unpaired) electrons. The first-order chi connectivity index (χ1) is 12.0. The molecule has 7 heteroatoms. The normalized spacial score (nSPS) is 15.9. The lowest BCUT2D eigenvalue weighted by molar-refractivity contribution is -0.127. The van der Waals surface area contributed by atoms with Gasteiger partial charge in [0.1, 0.15) is 6.54 Å². The number of nitrogens with one attached hydrogen (secondary N) is 1. The second-order valence-corrected chi connectivity index (χ2v) is 7.57. The molecule has 128 valence electrons. The average molecular weight is 372 g/mol. The van der Waals surface area contributed by atoms with Crippen molar-refractivity contribution >= 4 is 51.9 Å². The van der Waals surface area contributed by atoms with Crippen molar-refractivity contribution in [2.24, 2.45) is 0 Å². The average Bonchev–Trinajstić information content (AvgIpc) is 3.16. The maximum Gasteiger partial charge on any atom is 0.294 e. The summed E-state index contributed by atoms with van der Waals surface area (Å²) >= 11 is 2.34. The molecule has 5 nitrogen and oxygen atoms in total. The zero-order valence-corrected chi connectivity index (χ0v) is 15.4. The van der Waals surface area contributed by atoms with Gasteiger partial charge in [-0.15, -0.1) is 11.3 Å². The van der Waals surface area contributed by atoms with Crippen LogP contribution >= 0.6 is 23.1 Å². The van der Waals surface area contributed by atoms with Gasteiger partial charge in [-0.3, -0.25) is 19.3 Å². The number of rotatable bonds is 4. The molecule has 1 aliphatic heterocycles. The number of imide groups is 1. The first-order valence-electron chi connectivity index (χ1n) is 7.60. The number of hydrogen-bond acceptors (Lipinski definition) is 5. The lowest BCUT2D eigenvalue weighted by Gasteiger charge is -2.15. The molecular weight excluding hydrogens is 356 g/mol. The fraction of sp³-hybridized carbons (Fsp3) is 0.167. The number of hydrogen-bond donors (Lipinski definition) is 1. The SMILES string of the molecule is Cc1cccc(C)c1NC(=O)CN1C(=O)S/C(=C/c2cccs2)C1=O. The van der Waals surface area contributed by atoms with E-state index in [2.05, 4.69) is 5.32 Å². The van der Waals surface area contributed by atoms with E-state index in [1.54, 1.807) is 6.08 Å². The molecule has 3 rings (SSSR count). The number of thiophene rings is 1. The molecule has 0 bridgehead atoms. The molecule has 0 saturated carbocycles. The number of thioether (sulfide) groups is 1. The third kappa shape index (κ3) is 3.83. The predicted molar refractivity (Wildman–Crippen MR) is 102 cm³/mol. The Labute approximate surface area is 153 Å². The van der Waals surface area contributed by atoms with Crippen LogP contribution in [0, 0.1) is 13.8 Å². The van der Waals surface area contributed by atoms with Gasteiger partial charge < -0.3 is 5.32 Å². The van der Waals surface area contributed by atoms with Gasteiger partial charge in [-0.2, -0.15) is 0 Å². The summed E-state index contributed by atoms with van der Waals surface area (Å²) in [7, 11) is 0. The molecule has 0 unspecified atom stereocenters. The summed E-state index contributed by atoms with van der Waals surface area (Å²) < 4.78 is 0. The summed E-state index contributed by atoms with van der Waals surface area (Å²) in [5.41, 5.74) is 2.58. The first-order valence-corrected chi connectivity index (χ1v) is 9.30. The van der Waals surface area contributed by atoms with E-state index in [4.69, 9.17) is 0 Å². The van der Waals surface area contributed by atoms with Crippen molar-refractivity contribution in [2.75, 3.05) is 11.9 Å². The molecule has 1 saturated heterocycles. The summed E-state index contributed by atoms with van der Waals surface area (Å²) in [4.78, 5) is 39.0. The monoisotopic (exact) mass is 372 g/mol. The van der Waals surface area contributed by atoms with Crippen molar-refractivity contribution in [3.63, 3.8) is 0 Å². The Morgan fingerprint density at radius 3 is 2.52 bits per heavy atom. The standard InChI is InChI=1S/C18H16N2O3S2/c1-11-5-3-6-12(2)16(11)19-15(21)10-20-17(22)14(25-18(20)23)9-13-7-4-8-24-13/h3-9H,10H2,1-2H3,(H,19,21)/b14-9+. The molecule has 1 aromatic carbocycles. The highest BCUT2D eigenvalue weighted by molar-refractivity contribution is 8.18. The van der Waals surface area contributed by atoms with Gasteiger partial charge in [-0.25, -0.2) is 0 Å². The van der Waals surface area contributed by atoms with E-state index in [1.807, 2.05) is 49.6 Å². The Balaban J connectivity index is 1.71. The molecule has 0 aliphatic carbocycles. The molecule has 3 amide bonds. The highest BCUT2D eigenvalue weighted by Gasteiger charge is 2.36. The zero-order valence-electron chi connectivity index (χ0n) is 13.7. The van der Waals surface area contributed by atoms with Gasteiger partial charge in [0.2, 0.25) is 5.91 Å². The van der Waals surface area contributed by atoms with Crippen LogP contribution in [0.1, 0.15) is 16.0 Å². The summed E-state index contributed by atoms with van der Waals surface area (Å²) in [6.07, 6.45) is 1.68. The number of carbonyl (C=O) groups excluding carboxylic acids is 3. The Morgan fingerprint density at radius 1 is 1.16 bits per heavy atom. The van der Waals surface area contributed by atoms with Crippen molar-refractivity contribution in [3.05, 3.63) is 56.6 Å². The van der Waals surface area contributed by atoms with Crippen molar-refractivity contribution in [2.45, 2.75) is 13.8 Å². The molecule has 0 atom stereocenters. The van der Waals surface area contributed by atoms with Crippen LogP contribution in [-0.2, 0) is 9.59 Å². The zero-order chi connectivity index (χ0) is 18.0. The highest BCUT2D eigenvalue weighted by atomic mass is 32.2. The van der Waals surface area contributed by atoms with E-state index in [-0.39, 0.29) is 6.54 Å². The van der Waals surface area contributed by atoms with Crippen LogP contribution in [0.15, 0.2) is 40.6 Å². The van der Waals surface area contributed by atoms with Crippen molar-refractivity contribution in [3.8, 4) is 0 Å². The smallest absolute Gasteiger partial charge is 0.294 e. The summed E-state index contributed by atoms with van der Waals surface area (Å²) in [5, 5.41) is 4.27. The van der Waals surface area contributed by atoms with Gasteiger partial charge in [0.25, 0.3) is 11.1 Å². The molecule has 0 spiro atoms. The third-order valence-corrected chi connectivity index (χ3v) is 5.46. The van der Waals surface area contributed by atoms with Gasteiger partial charge in [0, 0.05) is 10.6 Å². The van der Waals surface area contributed by atoms with E-state index < -0.39 is 17.1 Å². The second kappa shape index (κ2) is 7.25. The molecule has 2 aromatic rings. The fourth-order valence-electron chi connectivity index (χ4n) is 2.47. The van der Waals surface area contributed by atoms with Crippen molar-refractivity contribution in [1.82, 2.24) is 4.90 Å². The molecule has 1 aliphatic rings. The Hall–Kier alpha value is -2.38. The molecule has 1 fully saturated rings. The van der Waals surface area contributed by atoms with Gasteiger partial charge >= 0.3 is 0 Å². The minimum atomic E-state index is -0.431. The Morgan fingerprint density at radius 2 is 1.88 bits per heavy atom. The summed E-state index contributed by atoms with van der Waals surface area (Å²) in [6.45, 7) is 3.50. The van der Waals surface area contributed by atoms with Gasteiger partial charge in [0.05, 0.1) is 4.91 Å². The molecule has 1 N–H and O–H groups in total.